The molecule has 16 heavy (non-hydrogen) atoms. The molecule has 0 aliphatic carbocycles. The van der Waals surface area contributed by atoms with Gasteiger partial charge in [0.2, 0.25) is 0 Å². The van der Waals surface area contributed by atoms with E-state index in [-0.39, 0.29) is 11.5 Å². The zero-order valence-corrected chi connectivity index (χ0v) is 8.87. The van der Waals surface area contributed by atoms with Crippen molar-refractivity contribution in [3.05, 3.63) is 39.2 Å². The molecule has 84 valence electrons. The van der Waals surface area contributed by atoms with E-state index in [1.165, 1.54) is 0 Å². The predicted octanol–water partition coefficient (Wildman–Crippen LogP) is 0.949. The molecule has 0 saturated carbocycles. The number of fused-ring (bicyclic) bond motifs is 4. The summed E-state index contributed by atoms with van der Waals surface area (Å²) >= 11 is 0. The Morgan fingerprint density at radius 3 is 2.94 bits per heavy atom. The normalized spacial score (nSPS) is 27.4. The van der Waals surface area contributed by atoms with Gasteiger partial charge in [-0.25, -0.2) is 0 Å². The number of aromatic nitrogens is 1. The van der Waals surface area contributed by atoms with Crippen molar-refractivity contribution in [2.45, 2.75) is 18.9 Å². The fourth-order valence-corrected chi connectivity index (χ4v) is 2.94. The first-order valence-electron chi connectivity index (χ1n) is 5.56. The van der Waals surface area contributed by atoms with Crippen molar-refractivity contribution in [2.75, 3.05) is 13.1 Å². The van der Waals surface area contributed by atoms with Gasteiger partial charge < -0.3 is 4.57 Å². The highest BCUT2D eigenvalue weighted by atomic mass is 16.3. The molecule has 1 unspecified atom stereocenters. The third-order valence-corrected chi connectivity index (χ3v) is 3.58. The first-order chi connectivity index (χ1) is 7.78. The molecule has 0 radical (unpaired) electrons. The van der Waals surface area contributed by atoms with E-state index in [1.54, 1.807) is 17.1 Å². The lowest BCUT2D eigenvalue weighted by molar-refractivity contribution is 0.122. The average Bonchev–Trinajstić information content (AvgIpc) is 2.30. The Balaban J connectivity index is 2.05. The smallest absolute Gasteiger partial charge is 0.250 e. The Morgan fingerprint density at radius 1 is 1.25 bits per heavy atom. The summed E-state index contributed by atoms with van der Waals surface area (Å²) < 4.78 is 1.85. The Morgan fingerprint density at radius 2 is 2.12 bits per heavy atom. The highest BCUT2D eigenvalue weighted by molar-refractivity contribution is 5.16. The van der Waals surface area contributed by atoms with Gasteiger partial charge >= 0.3 is 0 Å². The second-order valence-electron chi connectivity index (χ2n) is 4.65. The summed E-state index contributed by atoms with van der Waals surface area (Å²) in [4.78, 5) is 22.3. The molecular formula is C11H13N3O2. The number of nitrogens with zero attached hydrogens (tertiary/aromatic N) is 3. The van der Waals surface area contributed by atoms with Crippen molar-refractivity contribution >= 4 is 0 Å². The molecule has 2 bridgehead atoms. The molecule has 1 saturated heterocycles. The number of pyridine rings is 1. The van der Waals surface area contributed by atoms with E-state index in [0.717, 1.165) is 18.7 Å². The van der Waals surface area contributed by atoms with Crippen LogP contribution in [0.5, 0.6) is 0 Å². The summed E-state index contributed by atoms with van der Waals surface area (Å²) in [6.07, 6.45) is 1.06. The van der Waals surface area contributed by atoms with Crippen LogP contribution in [0.3, 0.4) is 0 Å². The van der Waals surface area contributed by atoms with Crippen LogP contribution in [0.25, 0.3) is 0 Å². The molecule has 5 heteroatoms. The molecular weight excluding hydrogens is 206 g/mol. The molecule has 2 atom stereocenters. The Bertz CT molecular complexity index is 482. The molecule has 3 heterocycles. The summed E-state index contributed by atoms with van der Waals surface area (Å²) in [5.74, 6) is 0.656. The van der Waals surface area contributed by atoms with Crippen LogP contribution in [0.1, 0.15) is 18.0 Å². The maximum Gasteiger partial charge on any atom is 0.250 e. The summed E-state index contributed by atoms with van der Waals surface area (Å²) in [6.45, 7) is 2.04. The van der Waals surface area contributed by atoms with Gasteiger partial charge in [0.15, 0.2) is 0 Å². The second-order valence-corrected chi connectivity index (χ2v) is 4.65. The molecule has 1 fully saturated rings. The predicted molar refractivity (Wildman–Crippen MR) is 58.9 cm³/mol. The molecule has 5 nitrogen and oxygen atoms in total. The zero-order valence-electron chi connectivity index (χ0n) is 8.87. The van der Waals surface area contributed by atoms with Gasteiger partial charge in [-0.05, 0) is 18.4 Å². The maximum absolute atomic E-state index is 11.7. The van der Waals surface area contributed by atoms with Crippen LogP contribution >= 0.6 is 0 Å². The van der Waals surface area contributed by atoms with Crippen LogP contribution in [-0.4, -0.2) is 22.7 Å². The Labute approximate surface area is 92.6 Å². The summed E-state index contributed by atoms with van der Waals surface area (Å²) in [5.41, 5.74) is 1.12. The number of rotatable bonds is 1. The van der Waals surface area contributed by atoms with E-state index in [4.69, 9.17) is 0 Å². The largest absolute Gasteiger partial charge is 0.312 e. The van der Waals surface area contributed by atoms with Gasteiger partial charge in [0, 0.05) is 37.3 Å². The molecule has 0 aromatic carbocycles. The molecule has 0 N–H and O–H groups in total. The monoisotopic (exact) mass is 219 g/mol. The van der Waals surface area contributed by atoms with E-state index < -0.39 is 0 Å². The SMILES string of the molecule is O=NN1CC2C[C@@H](C1)c1cccc(=O)n1C2. The molecule has 0 spiro atoms. The van der Waals surface area contributed by atoms with Crippen LogP contribution in [0.2, 0.25) is 0 Å². The van der Waals surface area contributed by atoms with Crippen molar-refractivity contribution < 1.29 is 0 Å². The summed E-state index contributed by atoms with van der Waals surface area (Å²) in [7, 11) is 0. The van der Waals surface area contributed by atoms with Crippen LogP contribution in [0.15, 0.2) is 28.3 Å². The van der Waals surface area contributed by atoms with Gasteiger partial charge in [-0.3, -0.25) is 9.80 Å². The first-order valence-corrected chi connectivity index (χ1v) is 5.56. The van der Waals surface area contributed by atoms with Crippen LogP contribution in [-0.2, 0) is 6.54 Å². The van der Waals surface area contributed by atoms with E-state index >= 15 is 0 Å². The van der Waals surface area contributed by atoms with E-state index in [1.807, 2.05) is 10.6 Å². The van der Waals surface area contributed by atoms with Gasteiger partial charge in [-0.1, -0.05) is 6.07 Å². The van der Waals surface area contributed by atoms with Crippen molar-refractivity contribution in [1.29, 1.82) is 0 Å². The molecule has 2 aliphatic rings. The minimum Gasteiger partial charge on any atom is -0.312 e. The van der Waals surface area contributed by atoms with Crippen molar-refractivity contribution in [3.63, 3.8) is 0 Å². The fourth-order valence-electron chi connectivity index (χ4n) is 2.94. The summed E-state index contributed by atoms with van der Waals surface area (Å²) in [5, 5.41) is 4.60. The highest BCUT2D eigenvalue weighted by Gasteiger charge is 2.34. The van der Waals surface area contributed by atoms with E-state index in [2.05, 4.69) is 5.29 Å². The third kappa shape index (κ3) is 1.35. The number of hydrogen-bond donors (Lipinski definition) is 0. The number of piperidine rings is 1. The standard InChI is InChI=1S/C11H13N3O2/c15-11-3-1-2-10-9-4-8(6-14(10)11)5-13(7-9)12-16/h1-3,8-9H,4-7H2/t8?,9-/m0/s1. The van der Waals surface area contributed by atoms with Gasteiger partial charge in [0.1, 0.15) is 0 Å². The minimum absolute atomic E-state index is 0.0692. The number of nitroso groups, excluding NO2 is 1. The van der Waals surface area contributed by atoms with Crippen LogP contribution < -0.4 is 5.56 Å². The zero-order chi connectivity index (χ0) is 11.1. The van der Waals surface area contributed by atoms with Crippen molar-refractivity contribution in [1.82, 2.24) is 9.58 Å². The van der Waals surface area contributed by atoms with Gasteiger partial charge in [-0.15, -0.1) is 4.91 Å². The quantitative estimate of drug-likeness (QED) is 0.661. The molecule has 1 aromatic heterocycles. The van der Waals surface area contributed by atoms with Gasteiger partial charge in [0.25, 0.3) is 5.56 Å². The van der Waals surface area contributed by atoms with Crippen molar-refractivity contribution in [2.24, 2.45) is 11.2 Å². The molecule has 0 amide bonds. The van der Waals surface area contributed by atoms with Gasteiger partial charge in [0.05, 0.1) is 5.29 Å². The van der Waals surface area contributed by atoms with Gasteiger partial charge in [-0.2, -0.15) is 0 Å². The second kappa shape index (κ2) is 3.43. The Kier molecular flexibility index (Phi) is 2.05. The molecule has 3 rings (SSSR count). The van der Waals surface area contributed by atoms with Crippen molar-refractivity contribution in [3.8, 4) is 0 Å². The van der Waals surface area contributed by atoms with E-state index in [9.17, 15) is 9.70 Å². The van der Waals surface area contributed by atoms with E-state index in [0.29, 0.717) is 19.0 Å². The topological polar surface area (TPSA) is 54.7 Å². The maximum atomic E-state index is 11.7. The van der Waals surface area contributed by atoms with Crippen LogP contribution in [0.4, 0.5) is 0 Å². The van der Waals surface area contributed by atoms with Crippen LogP contribution in [0, 0.1) is 10.8 Å². The lowest BCUT2D eigenvalue weighted by Gasteiger charge is -2.40. The fraction of sp³-hybridized carbons (Fsp3) is 0.545. The Hall–Kier alpha value is -1.65. The lowest BCUT2D eigenvalue weighted by atomic mass is 9.84. The number of hydrogen-bond acceptors (Lipinski definition) is 3. The lowest BCUT2D eigenvalue weighted by Crippen LogP contribution is -2.44. The summed E-state index contributed by atoms with van der Waals surface area (Å²) in [6, 6.07) is 5.37. The average molecular weight is 219 g/mol. The highest BCUT2D eigenvalue weighted by Crippen LogP contribution is 2.34. The minimum atomic E-state index is 0.0692. The first kappa shape index (κ1) is 9.57. The molecule has 1 aromatic rings. The molecule has 2 aliphatic heterocycles. The third-order valence-electron chi connectivity index (χ3n) is 3.58.